The van der Waals surface area contributed by atoms with Crippen LogP contribution in [0.5, 0.6) is 5.75 Å². The second-order valence-electron chi connectivity index (χ2n) is 6.05. The zero-order valence-electron chi connectivity index (χ0n) is 12.4. The average molecular weight is 272 g/mol. The second-order valence-corrected chi connectivity index (χ2v) is 6.05. The Labute approximate surface area is 121 Å². The van der Waals surface area contributed by atoms with Crippen LogP contribution in [-0.4, -0.2) is 12.6 Å². The molecule has 0 radical (unpaired) electrons. The Bertz CT molecular complexity index is 456. The Kier molecular flexibility index (Phi) is 5.43. The molecule has 1 aromatic carbocycles. The van der Waals surface area contributed by atoms with Crippen LogP contribution in [-0.2, 0) is 6.54 Å². The summed E-state index contributed by atoms with van der Waals surface area (Å²) in [5.41, 5.74) is 1.13. The lowest BCUT2D eigenvalue weighted by Gasteiger charge is -2.32. The minimum atomic E-state index is 0.106. The number of hydrogen-bond donors (Lipinski definition) is 1. The highest BCUT2D eigenvalue weighted by Gasteiger charge is 2.23. The summed E-state index contributed by atoms with van der Waals surface area (Å²) in [6.45, 7) is 5.60. The lowest BCUT2D eigenvalue weighted by atomic mass is 9.80. The molecule has 1 aliphatic carbocycles. The third kappa shape index (κ3) is 4.25. The van der Waals surface area contributed by atoms with Crippen LogP contribution in [0.3, 0.4) is 0 Å². The smallest absolute Gasteiger partial charge is 0.174 e. The molecule has 3 heteroatoms. The number of nitriles is 1. The van der Waals surface area contributed by atoms with E-state index < -0.39 is 0 Å². The highest BCUT2D eigenvalue weighted by atomic mass is 16.5. The summed E-state index contributed by atoms with van der Waals surface area (Å²) in [7, 11) is 0. The van der Waals surface area contributed by atoms with Gasteiger partial charge in [0.15, 0.2) is 6.61 Å². The molecule has 2 unspecified atom stereocenters. The SMILES string of the molecule is CC1CC(C)CC(NCc2ccccc2OCC#N)C1. The molecule has 0 aromatic heterocycles. The predicted octanol–water partition coefficient (Wildman–Crippen LogP) is 3.50. The van der Waals surface area contributed by atoms with Crippen molar-refractivity contribution < 1.29 is 4.74 Å². The number of nitrogens with zero attached hydrogens (tertiary/aromatic N) is 1. The number of nitrogens with one attached hydrogen (secondary N) is 1. The van der Waals surface area contributed by atoms with Crippen LogP contribution in [0.2, 0.25) is 0 Å². The molecule has 0 spiro atoms. The summed E-state index contributed by atoms with van der Waals surface area (Å²) in [4.78, 5) is 0. The Morgan fingerprint density at radius 3 is 2.60 bits per heavy atom. The first kappa shape index (κ1) is 14.9. The molecule has 3 nitrogen and oxygen atoms in total. The molecule has 1 saturated carbocycles. The van der Waals surface area contributed by atoms with E-state index in [9.17, 15) is 0 Å². The summed E-state index contributed by atoms with van der Waals surface area (Å²) in [6, 6.07) is 10.6. The van der Waals surface area contributed by atoms with Crippen LogP contribution < -0.4 is 10.1 Å². The molecule has 0 saturated heterocycles. The molecule has 1 aromatic rings. The van der Waals surface area contributed by atoms with E-state index in [-0.39, 0.29) is 6.61 Å². The number of ether oxygens (including phenoxy) is 1. The van der Waals surface area contributed by atoms with Crippen LogP contribution in [0.1, 0.15) is 38.7 Å². The fourth-order valence-electron chi connectivity index (χ4n) is 3.27. The van der Waals surface area contributed by atoms with Crippen molar-refractivity contribution in [2.45, 2.75) is 45.7 Å². The van der Waals surface area contributed by atoms with Crippen molar-refractivity contribution in [3.05, 3.63) is 29.8 Å². The van der Waals surface area contributed by atoms with Gasteiger partial charge in [0.2, 0.25) is 0 Å². The number of para-hydroxylation sites is 1. The average Bonchev–Trinajstić information content (AvgIpc) is 2.43. The van der Waals surface area contributed by atoms with E-state index in [0.29, 0.717) is 6.04 Å². The van der Waals surface area contributed by atoms with E-state index in [1.807, 2.05) is 24.3 Å². The lowest BCUT2D eigenvalue weighted by molar-refractivity contribution is 0.237. The number of rotatable bonds is 5. The van der Waals surface area contributed by atoms with Gasteiger partial charge in [-0.15, -0.1) is 0 Å². The van der Waals surface area contributed by atoms with Crippen molar-refractivity contribution in [1.29, 1.82) is 5.26 Å². The molecule has 1 aliphatic rings. The largest absolute Gasteiger partial charge is 0.478 e. The topological polar surface area (TPSA) is 45.0 Å². The molecule has 0 aliphatic heterocycles. The fourth-order valence-corrected chi connectivity index (χ4v) is 3.27. The lowest BCUT2D eigenvalue weighted by Crippen LogP contribution is -2.36. The first-order valence-electron chi connectivity index (χ1n) is 7.50. The van der Waals surface area contributed by atoms with Gasteiger partial charge in [-0.25, -0.2) is 0 Å². The molecule has 2 rings (SSSR count). The molecule has 20 heavy (non-hydrogen) atoms. The van der Waals surface area contributed by atoms with Gasteiger partial charge in [-0.05, 0) is 37.2 Å². The van der Waals surface area contributed by atoms with E-state index in [4.69, 9.17) is 10.00 Å². The van der Waals surface area contributed by atoms with Crippen LogP contribution in [0.15, 0.2) is 24.3 Å². The minimum absolute atomic E-state index is 0.106. The zero-order chi connectivity index (χ0) is 14.4. The third-order valence-electron chi connectivity index (χ3n) is 4.02. The first-order valence-corrected chi connectivity index (χ1v) is 7.50. The van der Waals surface area contributed by atoms with Gasteiger partial charge in [0.1, 0.15) is 11.8 Å². The molecule has 1 N–H and O–H groups in total. The number of benzene rings is 1. The normalized spacial score (nSPS) is 25.9. The highest BCUT2D eigenvalue weighted by molar-refractivity contribution is 5.33. The van der Waals surface area contributed by atoms with E-state index in [0.717, 1.165) is 29.7 Å². The van der Waals surface area contributed by atoms with Crippen molar-refractivity contribution in [2.75, 3.05) is 6.61 Å². The van der Waals surface area contributed by atoms with Crippen LogP contribution in [0.25, 0.3) is 0 Å². The monoisotopic (exact) mass is 272 g/mol. The molecule has 0 heterocycles. The van der Waals surface area contributed by atoms with Gasteiger partial charge in [-0.3, -0.25) is 0 Å². The van der Waals surface area contributed by atoms with Crippen molar-refractivity contribution in [3.8, 4) is 11.8 Å². The molecule has 1 fully saturated rings. The van der Waals surface area contributed by atoms with E-state index in [1.165, 1.54) is 19.3 Å². The maximum absolute atomic E-state index is 8.62. The third-order valence-corrected chi connectivity index (χ3v) is 4.02. The molecule has 2 atom stereocenters. The summed E-state index contributed by atoms with van der Waals surface area (Å²) >= 11 is 0. The van der Waals surface area contributed by atoms with Crippen LogP contribution in [0.4, 0.5) is 0 Å². The molecule has 0 bridgehead atoms. The van der Waals surface area contributed by atoms with Gasteiger partial charge in [0.05, 0.1) is 0 Å². The fraction of sp³-hybridized carbons (Fsp3) is 0.588. The Balaban J connectivity index is 1.92. The maximum Gasteiger partial charge on any atom is 0.174 e. The Morgan fingerprint density at radius 2 is 1.90 bits per heavy atom. The Morgan fingerprint density at radius 1 is 1.20 bits per heavy atom. The maximum atomic E-state index is 8.62. The van der Waals surface area contributed by atoms with Crippen LogP contribution >= 0.6 is 0 Å². The van der Waals surface area contributed by atoms with Gasteiger partial charge < -0.3 is 10.1 Å². The predicted molar refractivity (Wildman–Crippen MR) is 80.4 cm³/mol. The van der Waals surface area contributed by atoms with Gasteiger partial charge >= 0.3 is 0 Å². The van der Waals surface area contributed by atoms with E-state index in [2.05, 4.69) is 25.2 Å². The van der Waals surface area contributed by atoms with Crippen LogP contribution in [0, 0.1) is 23.2 Å². The van der Waals surface area contributed by atoms with Crippen molar-refractivity contribution >= 4 is 0 Å². The van der Waals surface area contributed by atoms with Crippen molar-refractivity contribution in [1.82, 2.24) is 5.32 Å². The minimum Gasteiger partial charge on any atom is -0.478 e. The van der Waals surface area contributed by atoms with Gasteiger partial charge in [0, 0.05) is 18.2 Å². The Hall–Kier alpha value is -1.53. The summed E-state index contributed by atoms with van der Waals surface area (Å²) in [5, 5.41) is 12.3. The summed E-state index contributed by atoms with van der Waals surface area (Å²) < 4.78 is 5.47. The molecular formula is C17H24N2O. The standard InChI is InChI=1S/C17H24N2O/c1-13-9-14(2)11-16(10-13)19-12-15-5-3-4-6-17(15)20-8-7-18/h3-6,13-14,16,19H,8-12H2,1-2H3. The summed E-state index contributed by atoms with van der Waals surface area (Å²) in [5.74, 6) is 2.43. The molecule has 0 amide bonds. The number of hydrogen-bond acceptors (Lipinski definition) is 3. The quantitative estimate of drug-likeness (QED) is 0.892. The van der Waals surface area contributed by atoms with E-state index in [1.54, 1.807) is 0 Å². The van der Waals surface area contributed by atoms with Crippen molar-refractivity contribution in [3.63, 3.8) is 0 Å². The highest BCUT2D eigenvalue weighted by Crippen LogP contribution is 2.29. The first-order chi connectivity index (χ1) is 9.69. The van der Waals surface area contributed by atoms with Gasteiger partial charge in [-0.1, -0.05) is 32.0 Å². The summed E-state index contributed by atoms with van der Waals surface area (Å²) in [6.07, 6.45) is 3.86. The van der Waals surface area contributed by atoms with Gasteiger partial charge in [0.25, 0.3) is 0 Å². The van der Waals surface area contributed by atoms with E-state index >= 15 is 0 Å². The molecular weight excluding hydrogens is 248 g/mol. The van der Waals surface area contributed by atoms with Gasteiger partial charge in [-0.2, -0.15) is 5.26 Å². The molecule has 108 valence electrons. The second kappa shape index (κ2) is 7.31. The zero-order valence-corrected chi connectivity index (χ0v) is 12.4. The van der Waals surface area contributed by atoms with Crippen molar-refractivity contribution in [2.24, 2.45) is 11.8 Å².